The molecule has 3 rings (SSSR count). The standard InChI is InChI=1S/C18H22N4O3S/c1-14-17(15(2)20-18(19-14)22-9-11-25-12-10-22)21-26(23,24)13-8-16-6-4-3-5-7-16/h3-8,13,21H,9-12H2,1-2H3/b13-8+. The second-order valence-electron chi connectivity index (χ2n) is 6.03. The summed E-state index contributed by atoms with van der Waals surface area (Å²) in [5, 5.41) is 1.15. The number of hydrogen-bond donors (Lipinski definition) is 1. The number of benzene rings is 1. The van der Waals surface area contributed by atoms with Crippen LogP contribution in [0.2, 0.25) is 0 Å². The van der Waals surface area contributed by atoms with Crippen LogP contribution in [0.5, 0.6) is 0 Å². The number of aromatic nitrogens is 2. The maximum atomic E-state index is 12.4. The number of nitrogens with one attached hydrogen (secondary N) is 1. The fourth-order valence-corrected chi connectivity index (χ4v) is 3.64. The predicted octanol–water partition coefficient (Wildman–Crippen LogP) is 2.34. The third-order valence-corrected chi connectivity index (χ3v) is 5.02. The van der Waals surface area contributed by atoms with Gasteiger partial charge in [-0.2, -0.15) is 0 Å². The number of rotatable bonds is 5. The number of nitrogens with zero attached hydrogens (tertiary/aromatic N) is 3. The van der Waals surface area contributed by atoms with Gasteiger partial charge in [0.1, 0.15) is 0 Å². The molecule has 2 heterocycles. The van der Waals surface area contributed by atoms with Gasteiger partial charge < -0.3 is 9.64 Å². The van der Waals surface area contributed by atoms with Crippen molar-refractivity contribution >= 4 is 27.7 Å². The van der Waals surface area contributed by atoms with Crippen molar-refractivity contribution in [3.8, 4) is 0 Å². The van der Waals surface area contributed by atoms with Crippen LogP contribution >= 0.6 is 0 Å². The summed E-state index contributed by atoms with van der Waals surface area (Å²) in [5.41, 5.74) is 2.41. The van der Waals surface area contributed by atoms with Crippen molar-refractivity contribution in [1.29, 1.82) is 0 Å². The van der Waals surface area contributed by atoms with Crippen LogP contribution in [0.3, 0.4) is 0 Å². The average Bonchev–Trinajstić information content (AvgIpc) is 2.65. The Labute approximate surface area is 153 Å². The van der Waals surface area contributed by atoms with Gasteiger partial charge in [0.05, 0.1) is 35.7 Å². The monoisotopic (exact) mass is 374 g/mol. The summed E-state index contributed by atoms with van der Waals surface area (Å²) in [6, 6.07) is 9.26. The molecule has 0 aliphatic carbocycles. The van der Waals surface area contributed by atoms with Gasteiger partial charge in [-0.15, -0.1) is 0 Å². The Morgan fingerprint density at radius 2 is 1.69 bits per heavy atom. The zero-order valence-corrected chi connectivity index (χ0v) is 15.7. The van der Waals surface area contributed by atoms with Crippen LogP contribution in [0.25, 0.3) is 6.08 Å². The van der Waals surface area contributed by atoms with Crippen molar-refractivity contribution in [2.75, 3.05) is 35.9 Å². The minimum Gasteiger partial charge on any atom is -0.378 e. The predicted molar refractivity (Wildman–Crippen MR) is 103 cm³/mol. The Hall–Kier alpha value is -2.45. The Morgan fingerprint density at radius 1 is 1.08 bits per heavy atom. The quantitative estimate of drug-likeness (QED) is 0.865. The van der Waals surface area contributed by atoms with Crippen molar-refractivity contribution in [1.82, 2.24) is 9.97 Å². The summed E-state index contributed by atoms with van der Waals surface area (Å²) in [6.07, 6.45) is 1.55. The van der Waals surface area contributed by atoms with E-state index in [2.05, 4.69) is 14.7 Å². The van der Waals surface area contributed by atoms with Gasteiger partial charge >= 0.3 is 0 Å². The fraction of sp³-hybridized carbons (Fsp3) is 0.333. The van der Waals surface area contributed by atoms with E-state index in [0.717, 1.165) is 24.1 Å². The van der Waals surface area contributed by atoms with Crippen LogP contribution in [0.1, 0.15) is 17.0 Å². The molecule has 0 bridgehead atoms. The summed E-state index contributed by atoms with van der Waals surface area (Å²) in [4.78, 5) is 11.0. The third kappa shape index (κ3) is 4.59. The average molecular weight is 374 g/mol. The molecule has 1 saturated heterocycles. The van der Waals surface area contributed by atoms with Gasteiger partial charge in [-0.3, -0.25) is 4.72 Å². The van der Waals surface area contributed by atoms with Gasteiger partial charge in [0.2, 0.25) is 5.95 Å². The molecule has 1 aliphatic heterocycles. The minimum absolute atomic E-state index is 0.416. The Morgan fingerprint density at radius 3 is 2.31 bits per heavy atom. The SMILES string of the molecule is Cc1nc(N2CCOCC2)nc(C)c1NS(=O)(=O)/C=C/c1ccccc1. The fourth-order valence-electron chi connectivity index (χ4n) is 2.66. The number of aryl methyl sites for hydroxylation is 2. The number of hydrogen-bond acceptors (Lipinski definition) is 6. The van der Waals surface area contributed by atoms with Crippen molar-refractivity contribution < 1.29 is 13.2 Å². The zero-order valence-electron chi connectivity index (χ0n) is 14.8. The molecule has 8 heteroatoms. The highest BCUT2D eigenvalue weighted by Crippen LogP contribution is 2.22. The smallest absolute Gasteiger partial charge is 0.255 e. The summed E-state index contributed by atoms with van der Waals surface area (Å²) < 4.78 is 32.7. The summed E-state index contributed by atoms with van der Waals surface area (Å²) in [5.74, 6) is 0.603. The largest absolute Gasteiger partial charge is 0.378 e. The maximum Gasteiger partial charge on any atom is 0.255 e. The van der Waals surface area contributed by atoms with Crippen molar-refractivity contribution in [2.24, 2.45) is 0 Å². The first-order valence-corrected chi connectivity index (χ1v) is 9.93. The maximum absolute atomic E-state index is 12.4. The van der Waals surface area contributed by atoms with Crippen molar-refractivity contribution in [2.45, 2.75) is 13.8 Å². The molecule has 0 saturated carbocycles. The number of anilines is 2. The molecule has 2 aromatic rings. The van der Waals surface area contributed by atoms with Crippen LogP contribution in [0.4, 0.5) is 11.6 Å². The van der Waals surface area contributed by atoms with Crippen LogP contribution in [-0.4, -0.2) is 44.7 Å². The molecular formula is C18H22N4O3S. The van der Waals surface area contributed by atoms with Crippen molar-refractivity contribution in [3.63, 3.8) is 0 Å². The molecule has 0 spiro atoms. The molecule has 1 N–H and O–H groups in total. The number of ether oxygens (including phenoxy) is 1. The Kier molecular flexibility index (Phi) is 5.53. The topological polar surface area (TPSA) is 84.4 Å². The van der Waals surface area contributed by atoms with E-state index in [1.165, 1.54) is 0 Å². The molecule has 1 aromatic heterocycles. The van der Waals surface area contributed by atoms with E-state index in [-0.39, 0.29) is 0 Å². The molecule has 0 atom stereocenters. The lowest BCUT2D eigenvalue weighted by molar-refractivity contribution is 0.122. The molecule has 138 valence electrons. The van der Waals surface area contributed by atoms with Crippen LogP contribution in [0.15, 0.2) is 35.7 Å². The van der Waals surface area contributed by atoms with E-state index in [1.807, 2.05) is 35.2 Å². The Balaban J connectivity index is 1.79. The van der Waals surface area contributed by atoms with Gasteiger partial charge in [0.15, 0.2) is 0 Å². The first-order valence-electron chi connectivity index (χ1n) is 8.38. The highest BCUT2D eigenvalue weighted by atomic mass is 32.2. The van der Waals surface area contributed by atoms with Gasteiger partial charge in [-0.25, -0.2) is 18.4 Å². The van der Waals surface area contributed by atoms with E-state index < -0.39 is 10.0 Å². The summed E-state index contributed by atoms with van der Waals surface area (Å²) in [6.45, 7) is 6.28. The second kappa shape index (κ2) is 7.84. The van der Waals surface area contributed by atoms with E-state index in [9.17, 15) is 8.42 Å². The zero-order chi connectivity index (χ0) is 18.6. The number of morpholine rings is 1. The van der Waals surface area contributed by atoms with Crippen LogP contribution < -0.4 is 9.62 Å². The summed E-state index contributed by atoms with van der Waals surface area (Å²) >= 11 is 0. The molecule has 26 heavy (non-hydrogen) atoms. The molecular weight excluding hydrogens is 352 g/mol. The minimum atomic E-state index is -3.66. The number of sulfonamides is 1. The first kappa shape index (κ1) is 18.3. The second-order valence-corrected chi connectivity index (χ2v) is 7.60. The third-order valence-electron chi connectivity index (χ3n) is 4.04. The highest BCUT2D eigenvalue weighted by Gasteiger charge is 2.18. The lowest BCUT2D eigenvalue weighted by Crippen LogP contribution is -2.37. The van der Waals surface area contributed by atoms with Crippen molar-refractivity contribution in [3.05, 3.63) is 52.7 Å². The molecule has 0 radical (unpaired) electrons. The highest BCUT2D eigenvalue weighted by molar-refractivity contribution is 7.95. The van der Waals surface area contributed by atoms with Gasteiger partial charge in [0.25, 0.3) is 10.0 Å². The van der Waals surface area contributed by atoms with Gasteiger partial charge in [-0.1, -0.05) is 30.3 Å². The van der Waals surface area contributed by atoms with Crippen LogP contribution in [-0.2, 0) is 14.8 Å². The normalized spacial score (nSPS) is 15.4. The van der Waals surface area contributed by atoms with Gasteiger partial charge in [0, 0.05) is 13.1 Å². The van der Waals surface area contributed by atoms with E-state index in [0.29, 0.717) is 36.2 Å². The molecule has 7 nitrogen and oxygen atoms in total. The van der Waals surface area contributed by atoms with E-state index in [4.69, 9.17) is 4.74 Å². The molecule has 0 amide bonds. The molecule has 1 aromatic carbocycles. The van der Waals surface area contributed by atoms with Gasteiger partial charge in [-0.05, 0) is 25.5 Å². The van der Waals surface area contributed by atoms with E-state index in [1.54, 1.807) is 19.9 Å². The molecule has 1 aliphatic rings. The van der Waals surface area contributed by atoms with Crippen LogP contribution in [0, 0.1) is 13.8 Å². The first-order chi connectivity index (χ1) is 12.4. The lowest BCUT2D eigenvalue weighted by atomic mass is 10.2. The molecule has 1 fully saturated rings. The lowest BCUT2D eigenvalue weighted by Gasteiger charge is -2.27. The summed E-state index contributed by atoms with van der Waals surface area (Å²) in [7, 11) is -3.66. The Bertz CT molecular complexity index is 869. The van der Waals surface area contributed by atoms with E-state index >= 15 is 0 Å². The molecule has 0 unspecified atom stereocenters.